The second-order valence-corrected chi connectivity index (χ2v) is 10.4. The summed E-state index contributed by atoms with van der Waals surface area (Å²) in [5.41, 5.74) is 2.01. The van der Waals surface area contributed by atoms with E-state index < -0.39 is 22.0 Å². The Labute approximate surface area is 222 Å². The van der Waals surface area contributed by atoms with Crippen molar-refractivity contribution in [1.29, 1.82) is 0 Å². The summed E-state index contributed by atoms with van der Waals surface area (Å²) in [4.78, 5) is 13.3. The molecule has 38 heavy (non-hydrogen) atoms. The lowest BCUT2D eigenvalue weighted by Gasteiger charge is -2.21. The Morgan fingerprint density at radius 1 is 0.921 bits per heavy atom. The molecule has 204 valence electrons. The molecule has 0 radical (unpaired) electrons. The molecular formula is C27H33N3O7S. The molecule has 1 unspecified atom stereocenters. The molecule has 10 nitrogen and oxygen atoms in total. The minimum atomic E-state index is -3.62. The second-order valence-electron chi connectivity index (χ2n) is 8.70. The first-order chi connectivity index (χ1) is 18.1. The number of nitrogens with one attached hydrogen (secondary N) is 3. The first kappa shape index (κ1) is 28.8. The van der Waals surface area contributed by atoms with Crippen molar-refractivity contribution in [2.24, 2.45) is 0 Å². The number of benzene rings is 3. The summed E-state index contributed by atoms with van der Waals surface area (Å²) in [6.07, 6.45) is -0.0667. The van der Waals surface area contributed by atoms with Gasteiger partial charge in [-0.1, -0.05) is 42.5 Å². The fraction of sp³-hybridized carbons (Fsp3) is 0.296. The monoisotopic (exact) mass is 543 g/mol. The Hall–Kier alpha value is -3.80. The Balaban J connectivity index is 1.74. The number of anilines is 1. The van der Waals surface area contributed by atoms with Crippen LogP contribution in [0.4, 0.5) is 5.69 Å². The van der Waals surface area contributed by atoms with Gasteiger partial charge >= 0.3 is 0 Å². The van der Waals surface area contributed by atoms with Crippen molar-refractivity contribution in [2.45, 2.75) is 18.6 Å². The van der Waals surface area contributed by atoms with Crippen molar-refractivity contribution in [3.8, 4) is 17.2 Å². The van der Waals surface area contributed by atoms with Crippen molar-refractivity contribution in [3.05, 3.63) is 83.4 Å². The highest BCUT2D eigenvalue weighted by Gasteiger charge is 2.23. The SMILES string of the molecule is COc1ccc(C(CNC[C@H](O)c2ccc(O)c(NS(C)(=O)=O)c2)C(=O)NCc2ccccc2)cc1OC. The zero-order chi connectivity index (χ0) is 27.7. The standard InChI is InChI=1S/C27H33N3O7S/c1-36-25-12-10-19(14-26(25)37-2)21(27(33)29-15-18-7-5-4-6-8-18)16-28-17-24(32)20-9-11-23(31)22(13-20)30-38(3,34)35/h4-14,21,24,28,30-32H,15-17H2,1-3H3,(H,29,33)/t21?,24-/m0/s1. The molecule has 0 aromatic heterocycles. The van der Waals surface area contributed by atoms with E-state index in [0.717, 1.165) is 11.8 Å². The third-order valence-corrected chi connectivity index (χ3v) is 6.41. The molecule has 11 heteroatoms. The third kappa shape index (κ3) is 8.10. The number of amides is 1. The first-order valence-electron chi connectivity index (χ1n) is 11.8. The average Bonchev–Trinajstić information content (AvgIpc) is 2.90. The molecule has 0 spiro atoms. The number of sulfonamides is 1. The summed E-state index contributed by atoms with van der Waals surface area (Å²) >= 11 is 0. The summed E-state index contributed by atoms with van der Waals surface area (Å²) in [5, 5.41) is 26.7. The fourth-order valence-electron chi connectivity index (χ4n) is 3.86. The lowest BCUT2D eigenvalue weighted by molar-refractivity contribution is -0.122. The number of phenolic OH excluding ortho intramolecular Hbond substituents is 1. The van der Waals surface area contributed by atoms with Crippen LogP contribution in [0.3, 0.4) is 0 Å². The molecule has 2 atom stereocenters. The summed E-state index contributed by atoms with van der Waals surface area (Å²) in [7, 11) is -0.566. The van der Waals surface area contributed by atoms with Crippen LogP contribution in [0.5, 0.6) is 17.2 Å². The molecule has 0 bridgehead atoms. The van der Waals surface area contributed by atoms with Gasteiger partial charge in [-0.15, -0.1) is 0 Å². The van der Waals surface area contributed by atoms with Crippen LogP contribution < -0.4 is 24.8 Å². The normalized spacial score (nSPS) is 12.8. The van der Waals surface area contributed by atoms with Crippen molar-refractivity contribution in [2.75, 3.05) is 38.3 Å². The number of ether oxygens (including phenoxy) is 2. The van der Waals surface area contributed by atoms with Crippen molar-refractivity contribution in [1.82, 2.24) is 10.6 Å². The first-order valence-corrected chi connectivity index (χ1v) is 13.7. The van der Waals surface area contributed by atoms with Crippen LogP contribution in [0.1, 0.15) is 28.7 Å². The zero-order valence-electron chi connectivity index (χ0n) is 21.5. The molecule has 3 aromatic rings. The highest BCUT2D eigenvalue weighted by molar-refractivity contribution is 7.92. The third-order valence-electron chi connectivity index (χ3n) is 5.82. The van der Waals surface area contributed by atoms with Crippen LogP contribution in [0.2, 0.25) is 0 Å². The summed E-state index contributed by atoms with van der Waals surface area (Å²) < 4.78 is 36.1. The smallest absolute Gasteiger partial charge is 0.229 e. The summed E-state index contributed by atoms with van der Waals surface area (Å²) in [6.45, 7) is 0.619. The fourth-order valence-corrected chi connectivity index (χ4v) is 4.43. The lowest BCUT2D eigenvalue weighted by atomic mass is 9.97. The van der Waals surface area contributed by atoms with Gasteiger partial charge in [0.1, 0.15) is 5.75 Å². The zero-order valence-corrected chi connectivity index (χ0v) is 22.3. The molecule has 0 heterocycles. The van der Waals surface area contributed by atoms with Crippen LogP contribution in [0.15, 0.2) is 66.7 Å². The van der Waals surface area contributed by atoms with Gasteiger partial charge < -0.3 is 30.3 Å². The van der Waals surface area contributed by atoms with Gasteiger partial charge in [0.05, 0.1) is 38.2 Å². The van der Waals surface area contributed by atoms with Gasteiger partial charge in [-0.05, 0) is 41.0 Å². The molecule has 0 fully saturated rings. The highest BCUT2D eigenvalue weighted by Crippen LogP contribution is 2.31. The summed E-state index contributed by atoms with van der Waals surface area (Å²) in [5.74, 6) is -0.0712. The van der Waals surface area contributed by atoms with Gasteiger partial charge in [-0.2, -0.15) is 0 Å². The maximum Gasteiger partial charge on any atom is 0.229 e. The van der Waals surface area contributed by atoms with Gasteiger partial charge in [0.25, 0.3) is 0 Å². The number of carbonyl (C=O) groups is 1. The second kappa shape index (κ2) is 13.1. The van der Waals surface area contributed by atoms with E-state index >= 15 is 0 Å². The van der Waals surface area contributed by atoms with Crippen molar-refractivity contribution in [3.63, 3.8) is 0 Å². The molecular weight excluding hydrogens is 510 g/mol. The molecule has 0 saturated carbocycles. The van der Waals surface area contributed by atoms with Crippen molar-refractivity contribution >= 4 is 21.6 Å². The quantitative estimate of drug-likeness (QED) is 0.207. The van der Waals surface area contributed by atoms with Crippen LogP contribution >= 0.6 is 0 Å². The number of aliphatic hydroxyl groups is 1. The molecule has 5 N–H and O–H groups in total. The van der Waals surface area contributed by atoms with E-state index in [1.807, 2.05) is 30.3 Å². The maximum absolute atomic E-state index is 13.3. The van der Waals surface area contributed by atoms with E-state index in [-0.39, 0.29) is 30.4 Å². The van der Waals surface area contributed by atoms with Crippen molar-refractivity contribution < 1.29 is 32.9 Å². The molecule has 0 aliphatic heterocycles. The number of methoxy groups -OCH3 is 2. The molecule has 0 aliphatic carbocycles. The number of phenols is 1. The number of carbonyl (C=O) groups excluding carboxylic acids is 1. The number of aromatic hydroxyl groups is 1. The van der Waals surface area contributed by atoms with Gasteiger partial charge in [0, 0.05) is 19.6 Å². The van der Waals surface area contributed by atoms with E-state index in [1.165, 1.54) is 32.4 Å². The molecule has 0 aliphatic rings. The number of hydrogen-bond donors (Lipinski definition) is 5. The summed E-state index contributed by atoms with van der Waals surface area (Å²) in [6, 6.07) is 19.0. The number of aliphatic hydroxyl groups excluding tert-OH is 1. The Kier molecular flexibility index (Phi) is 9.94. The number of hydrogen-bond acceptors (Lipinski definition) is 8. The minimum absolute atomic E-state index is 0.0347. The van der Waals surface area contributed by atoms with E-state index in [1.54, 1.807) is 18.2 Å². The largest absolute Gasteiger partial charge is 0.506 e. The number of rotatable bonds is 13. The van der Waals surface area contributed by atoms with Crippen LogP contribution in [-0.4, -0.2) is 58.1 Å². The predicted molar refractivity (Wildman–Crippen MR) is 145 cm³/mol. The van der Waals surface area contributed by atoms with Crippen LogP contribution in [0, 0.1) is 0 Å². The van der Waals surface area contributed by atoms with Crippen LogP contribution in [0.25, 0.3) is 0 Å². The Morgan fingerprint density at radius 2 is 1.61 bits per heavy atom. The van der Waals surface area contributed by atoms with Crippen LogP contribution in [-0.2, 0) is 21.4 Å². The minimum Gasteiger partial charge on any atom is -0.506 e. The Bertz CT molecular complexity index is 1330. The average molecular weight is 544 g/mol. The molecule has 1 amide bonds. The van der Waals surface area contributed by atoms with Gasteiger partial charge in [0.15, 0.2) is 11.5 Å². The predicted octanol–water partition coefficient (Wildman–Crippen LogP) is 2.50. The van der Waals surface area contributed by atoms with Gasteiger partial charge in [0.2, 0.25) is 15.9 Å². The van der Waals surface area contributed by atoms with Gasteiger partial charge in [-0.25, -0.2) is 8.42 Å². The topological polar surface area (TPSA) is 146 Å². The molecule has 0 saturated heterocycles. The van der Waals surface area contributed by atoms with E-state index in [2.05, 4.69) is 15.4 Å². The lowest BCUT2D eigenvalue weighted by Crippen LogP contribution is -2.36. The van der Waals surface area contributed by atoms with E-state index in [0.29, 0.717) is 29.2 Å². The maximum atomic E-state index is 13.3. The molecule has 3 rings (SSSR count). The van der Waals surface area contributed by atoms with E-state index in [4.69, 9.17) is 9.47 Å². The van der Waals surface area contributed by atoms with Gasteiger partial charge in [-0.3, -0.25) is 9.52 Å². The van der Waals surface area contributed by atoms with E-state index in [9.17, 15) is 23.4 Å². The molecule has 3 aromatic carbocycles. The Morgan fingerprint density at radius 3 is 2.26 bits per heavy atom. The highest BCUT2D eigenvalue weighted by atomic mass is 32.2.